The maximum atomic E-state index is 12.3. The summed E-state index contributed by atoms with van der Waals surface area (Å²) in [7, 11) is 0. The summed E-state index contributed by atoms with van der Waals surface area (Å²) in [6.07, 6.45) is 0. The van der Waals surface area contributed by atoms with Crippen molar-refractivity contribution < 1.29 is 4.79 Å². The molecular formula is C17H18ClNOS. The molecule has 4 heteroatoms. The van der Waals surface area contributed by atoms with E-state index >= 15 is 0 Å². The smallest absolute Gasteiger partial charge is 0.237 e. The van der Waals surface area contributed by atoms with E-state index in [1.807, 2.05) is 63.2 Å². The van der Waals surface area contributed by atoms with Crippen LogP contribution in [-0.2, 0) is 4.79 Å². The molecule has 110 valence electrons. The number of thioether (sulfide) groups is 1. The molecule has 1 N–H and O–H groups in total. The molecule has 0 heterocycles. The number of halogens is 1. The van der Waals surface area contributed by atoms with Crippen molar-refractivity contribution >= 4 is 35.0 Å². The molecule has 0 aromatic heterocycles. The minimum absolute atomic E-state index is 0.0223. The summed E-state index contributed by atoms with van der Waals surface area (Å²) < 4.78 is 0. The van der Waals surface area contributed by atoms with Crippen molar-refractivity contribution in [2.45, 2.75) is 30.9 Å². The second-order valence-electron chi connectivity index (χ2n) is 4.97. The van der Waals surface area contributed by atoms with Crippen LogP contribution < -0.4 is 5.32 Å². The van der Waals surface area contributed by atoms with Crippen LogP contribution in [0, 0.1) is 13.8 Å². The van der Waals surface area contributed by atoms with E-state index in [4.69, 9.17) is 11.6 Å². The summed E-state index contributed by atoms with van der Waals surface area (Å²) in [5.41, 5.74) is 2.87. The molecule has 1 atom stereocenters. The molecule has 2 nitrogen and oxygen atoms in total. The Morgan fingerprint density at radius 1 is 1.14 bits per heavy atom. The molecule has 0 aliphatic heterocycles. The van der Waals surface area contributed by atoms with E-state index in [1.165, 1.54) is 5.56 Å². The van der Waals surface area contributed by atoms with Gasteiger partial charge < -0.3 is 5.32 Å². The molecular weight excluding hydrogens is 302 g/mol. The van der Waals surface area contributed by atoms with Gasteiger partial charge in [-0.1, -0.05) is 35.4 Å². The molecule has 1 amide bonds. The Hall–Kier alpha value is -1.45. The fraction of sp³-hybridized carbons (Fsp3) is 0.235. The highest BCUT2D eigenvalue weighted by Crippen LogP contribution is 2.26. The van der Waals surface area contributed by atoms with Crippen LogP contribution >= 0.6 is 23.4 Å². The largest absolute Gasteiger partial charge is 0.325 e. The summed E-state index contributed by atoms with van der Waals surface area (Å²) in [5, 5.41) is 3.42. The predicted molar refractivity (Wildman–Crippen MR) is 91.3 cm³/mol. The first-order valence-corrected chi connectivity index (χ1v) is 8.02. The van der Waals surface area contributed by atoms with Crippen LogP contribution in [0.3, 0.4) is 0 Å². The van der Waals surface area contributed by atoms with Crippen molar-refractivity contribution in [2.75, 3.05) is 5.32 Å². The number of rotatable bonds is 4. The topological polar surface area (TPSA) is 29.1 Å². The Bertz CT molecular complexity index is 640. The van der Waals surface area contributed by atoms with Crippen molar-refractivity contribution in [3.05, 3.63) is 58.6 Å². The highest BCUT2D eigenvalue weighted by molar-refractivity contribution is 8.00. The molecule has 0 unspecified atom stereocenters. The Morgan fingerprint density at radius 2 is 1.81 bits per heavy atom. The van der Waals surface area contributed by atoms with E-state index < -0.39 is 0 Å². The molecule has 2 aromatic carbocycles. The third kappa shape index (κ3) is 4.26. The second kappa shape index (κ2) is 7.01. The van der Waals surface area contributed by atoms with E-state index in [1.54, 1.807) is 11.8 Å². The third-order valence-electron chi connectivity index (χ3n) is 3.23. The van der Waals surface area contributed by atoms with Crippen LogP contribution in [-0.4, -0.2) is 11.2 Å². The zero-order chi connectivity index (χ0) is 15.4. The van der Waals surface area contributed by atoms with Crippen LogP contribution in [0.25, 0.3) is 0 Å². The van der Waals surface area contributed by atoms with Crippen LogP contribution in [0.1, 0.15) is 18.1 Å². The van der Waals surface area contributed by atoms with Crippen LogP contribution in [0.5, 0.6) is 0 Å². The standard InChI is InChI=1S/C17H18ClNOS/c1-11-7-9-14(10-8-11)21-13(3)17(20)19-16-6-4-5-15(18)12(16)2/h4-10,13H,1-3H3,(H,19,20)/t13-/m1/s1. The van der Waals surface area contributed by atoms with Gasteiger partial charge in [0.2, 0.25) is 5.91 Å². The Morgan fingerprint density at radius 3 is 2.48 bits per heavy atom. The van der Waals surface area contributed by atoms with Gasteiger partial charge in [0.15, 0.2) is 0 Å². The number of nitrogens with one attached hydrogen (secondary N) is 1. The number of aryl methyl sites for hydroxylation is 1. The zero-order valence-electron chi connectivity index (χ0n) is 12.3. The predicted octanol–water partition coefficient (Wildman–Crippen LogP) is 5.08. The molecule has 0 saturated carbocycles. The minimum Gasteiger partial charge on any atom is -0.325 e. The summed E-state index contributed by atoms with van der Waals surface area (Å²) in [5.74, 6) is -0.0223. The molecule has 21 heavy (non-hydrogen) atoms. The van der Waals surface area contributed by atoms with Gasteiger partial charge in [-0.15, -0.1) is 11.8 Å². The van der Waals surface area contributed by atoms with Gasteiger partial charge >= 0.3 is 0 Å². The molecule has 2 rings (SSSR count). The lowest BCUT2D eigenvalue weighted by Gasteiger charge is -2.14. The van der Waals surface area contributed by atoms with Crippen molar-refractivity contribution in [3.63, 3.8) is 0 Å². The van der Waals surface area contributed by atoms with Gasteiger partial charge in [-0.25, -0.2) is 0 Å². The van der Waals surface area contributed by atoms with Gasteiger partial charge in [0.1, 0.15) is 0 Å². The first-order chi connectivity index (χ1) is 9.97. The quantitative estimate of drug-likeness (QED) is 0.796. The van der Waals surface area contributed by atoms with Gasteiger partial charge in [0.25, 0.3) is 0 Å². The first-order valence-electron chi connectivity index (χ1n) is 6.76. The number of amides is 1. The van der Waals surface area contributed by atoms with Gasteiger partial charge in [0, 0.05) is 15.6 Å². The second-order valence-corrected chi connectivity index (χ2v) is 6.80. The Balaban J connectivity index is 2.02. The van der Waals surface area contributed by atoms with Gasteiger partial charge in [-0.05, 0) is 50.6 Å². The monoisotopic (exact) mass is 319 g/mol. The number of hydrogen-bond acceptors (Lipinski definition) is 2. The first kappa shape index (κ1) is 15.9. The highest BCUT2D eigenvalue weighted by Gasteiger charge is 2.15. The van der Waals surface area contributed by atoms with Gasteiger partial charge in [-0.2, -0.15) is 0 Å². The van der Waals surface area contributed by atoms with Crippen LogP contribution in [0.4, 0.5) is 5.69 Å². The van der Waals surface area contributed by atoms with E-state index in [-0.39, 0.29) is 11.2 Å². The maximum absolute atomic E-state index is 12.3. The molecule has 0 spiro atoms. The average Bonchev–Trinajstić information content (AvgIpc) is 2.46. The molecule has 0 saturated heterocycles. The molecule has 0 aliphatic carbocycles. The summed E-state index contributed by atoms with van der Waals surface area (Å²) in [6.45, 7) is 5.85. The fourth-order valence-corrected chi connectivity index (χ4v) is 2.89. The van der Waals surface area contributed by atoms with Gasteiger partial charge in [-0.3, -0.25) is 4.79 Å². The molecule has 0 bridgehead atoms. The Labute approximate surface area is 134 Å². The number of carbonyl (C=O) groups is 1. The average molecular weight is 320 g/mol. The van der Waals surface area contributed by atoms with E-state index in [9.17, 15) is 4.79 Å². The number of benzene rings is 2. The molecule has 2 aromatic rings. The third-order valence-corrected chi connectivity index (χ3v) is 4.75. The zero-order valence-corrected chi connectivity index (χ0v) is 13.9. The normalized spacial score (nSPS) is 12.0. The van der Waals surface area contributed by atoms with Crippen LogP contribution in [0.2, 0.25) is 5.02 Å². The lowest BCUT2D eigenvalue weighted by molar-refractivity contribution is -0.115. The molecule has 0 fully saturated rings. The van der Waals surface area contributed by atoms with Crippen molar-refractivity contribution in [1.82, 2.24) is 0 Å². The summed E-state index contributed by atoms with van der Waals surface area (Å²) in [6, 6.07) is 13.7. The van der Waals surface area contributed by atoms with Crippen molar-refractivity contribution in [1.29, 1.82) is 0 Å². The SMILES string of the molecule is Cc1ccc(S[C@H](C)C(=O)Nc2cccc(Cl)c2C)cc1. The van der Waals surface area contributed by atoms with Gasteiger partial charge in [0.05, 0.1) is 5.25 Å². The van der Waals surface area contributed by atoms with E-state index in [2.05, 4.69) is 5.32 Å². The lowest BCUT2D eigenvalue weighted by atomic mass is 10.2. The number of anilines is 1. The Kier molecular flexibility index (Phi) is 5.32. The maximum Gasteiger partial charge on any atom is 0.237 e. The number of hydrogen-bond donors (Lipinski definition) is 1. The molecule has 0 aliphatic rings. The minimum atomic E-state index is -0.175. The highest BCUT2D eigenvalue weighted by atomic mass is 35.5. The van der Waals surface area contributed by atoms with E-state index in [0.717, 1.165) is 16.1 Å². The molecule has 0 radical (unpaired) electrons. The number of carbonyl (C=O) groups excluding carboxylic acids is 1. The lowest BCUT2D eigenvalue weighted by Crippen LogP contribution is -2.22. The van der Waals surface area contributed by atoms with E-state index in [0.29, 0.717) is 5.02 Å². The van der Waals surface area contributed by atoms with Crippen molar-refractivity contribution in [2.24, 2.45) is 0 Å². The van der Waals surface area contributed by atoms with Crippen LogP contribution in [0.15, 0.2) is 47.4 Å². The fourth-order valence-electron chi connectivity index (χ4n) is 1.85. The summed E-state index contributed by atoms with van der Waals surface area (Å²) in [4.78, 5) is 13.4. The van der Waals surface area contributed by atoms with Crippen molar-refractivity contribution in [3.8, 4) is 0 Å². The summed E-state index contributed by atoms with van der Waals surface area (Å²) >= 11 is 7.61.